The second-order valence-corrected chi connectivity index (χ2v) is 4.88. The molecule has 1 saturated carbocycles. The summed E-state index contributed by atoms with van der Waals surface area (Å²) in [6, 6.07) is 0.0602. The van der Waals surface area contributed by atoms with E-state index in [2.05, 4.69) is 5.32 Å². The van der Waals surface area contributed by atoms with Crippen LogP contribution in [0, 0.1) is 0 Å². The smallest absolute Gasteiger partial charge is 0.325 e. The number of ether oxygens (including phenoxy) is 1. The fourth-order valence-electron chi connectivity index (χ4n) is 2.77. The number of nitrogens with zero attached hydrogens (tertiary/aromatic N) is 2. The van der Waals surface area contributed by atoms with E-state index < -0.39 is 0 Å². The first-order valence-corrected chi connectivity index (χ1v) is 6.11. The molecule has 0 aromatic carbocycles. The number of methoxy groups -OCH3 is 1. The molecule has 6 heteroatoms. The summed E-state index contributed by atoms with van der Waals surface area (Å²) in [6.07, 6.45) is 2.20. The van der Waals surface area contributed by atoms with Gasteiger partial charge in [-0.3, -0.25) is 4.79 Å². The number of nitrogens with one attached hydrogen (secondary N) is 1. The van der Waals surface area contributed by atoms with Gasteiger partial charge in [0, 0.05) is 25.7 Å². The highest BCUT2D eigenvalue weighted by molar-refractivity contribution is 5.83. The number of carbonyl (C=O) groups is 2. The maximum atomic E-state index is 12.1. The SMILES string of the molecule is COC(=O)[C@@H]1NCCN2C(=O)N(C3CC3)C[C@H]12. The molecule has 2 aliphatic heterocycles. The normalized spacial score (nSPS) is 32.6. The fraction of sp³-hybridized carbons (Fsp3) is 0.818. The van der Waals surface area contributed by atoms with E-state index in [0.717, 1.165) is 12.8 Å². The molecule has 0 aromatic rings. The Kier molecular flexibility index (Phi) is 2.47. The molecule has 0 radical (unpaired) electrons. The maximum absolute atomic E-state index is 12.1. The molecule has 1 N–H and O–H groups in total. The van der Waals surface area contributed by atoms with Crippen LogP contribution in [0.25, 0.3) is 0 Å². The van der Waals surface area contributed by atoms with Gasteiger partial charge in [0.2, 0.25) is 0 Å². The number of esters is 1. The second-order valence-electron chi connectivity index (χ2n) is 4.88. The van der Waals surface area contributed by atoms with E-state index in [1.165, 1.54) is 7.11 Å². The maximum Gasteiger partial charge on any atom is 0.325 e. The van der Waals surface area contributed by atoms with Crippen LogP contribution in [-0.2, 0) is 9.53 Å². The molecule has 3 fully saturated rings. The van der Waals surface area contributed by atoms with Crippen molar-refractivity contribution in [2.45, 2.75) is 31.0 Å². The van der Waals surface area contributed by atoms with Crippen LogP contribution in [0.4, 0.5) is 4.79 Å². The van der Waals surface area contributed by atoms with Gasteiger partial charge < -0.3 is 19.9 Å². The Labute approximate surface area is 99.9 Å². The van der Waals surface area contributed by atoms with Crippen molar-refractivity contribution in [1.29, 1.82) is 0 Å². The van der Waals surface area contributed by atoms with Crippen molar-refractivity contribution in [1.82, 2.24) is 15.1 Å². The second kappa shape index (κ2) is 3.87. The van der Waals surface area contributed by atoms with Crippen molar-refractivity contribution in [2.75, 3.05) is 26.7 Å². The first-order chi connectivity index (χ1) is 8.22. The van der Waals surface area contributed by atoms with Gasteiger partial charge in [-0.1, -0.05) is 0 Å². The topological polar surface area (TPSA) is 61.9 Å². The van der Waals surface area contributed by atoms with E-state index in [1.807, 2.05) is 9.80 Å². The van der Waals surface area contributed by atoms with Crippen molar-refractivity contribution in [3.05, 3.63) is 0 Å². The highest BCUT2D eigenvalue weighted by Gasteiger charge is 2.50. The summed E-state index contributed by atoms with van der Waals surface area (Å²) in [5.74, 6) is -0.273. The highest BCUT2D eigenvalue weighted by Crippen LogP contribution is 2.33. The third-order valence-electron chi connectivity index (χ3n) is 3.82. The van der Waals surface area contributed by atoms with Crippen molar-refractivity contribution < 1.29 is 14.3 Å². The number of hydrogen-bond donors (Lipinski definition) is 1. The Balaban J connectivity index is 1.79. The molecular formula is C11H17N3O3. The Morgan fingerprint density at radius 2 is 2.18 bits per heavy atom. The summed E-state index contributed by atoms with van der Waals surface area (Å²) in [6.45, 7) is 1.98. The number of rotatable bonds is 2. The lowest BCUT2D eigenvalue weighted by Crippen LogP contribution is -2.60. The van der Waals surface area contributed by atoms with Crippen molar-refractivity contribution in [3.63, 3.8) is 0 Å². The zero-order chi connectivity index (χ0) is 12.0. The van der Waals surface area contributed by atoms with Crippen LogP contribution in [0.5, 0.6) is 0 Å². The zero-order valence-electron chi connectivity index (χ0n) is 9.89. The number of fused-ring (bicyclic) bond motifs is 1. The van der Waals surface area contributed by atoms with Crippen LogP contribution in [0.1, 0.15) is 12.8 Å². The van der Waals surface area contributed by atoms with Crippen LogP contribution in [-0.4, -0.2) is 66.7 Å². The molecule has 17 heavy (non-hydrogen) atoms. The largest absolute Gasteiger partial charge is 0.468 e. The van der Waals surface area contributed by atoms with Crippen LogP contribution in [0.3, 0.4) is 0 Å². The fourth-order valence-corrected chi connectivity index (χ4v) is 2.77. The predicted molar refractivity (Wildman–Crippen MR) is 59.4 cm³/mol. The van der Waals surface area contributed by atoms with Gasteiger partial charge in [-0.25, -0.2) is 4.79 Å². The molecule has 1 aliphatic carbocycles. The summed E-state index contributed by atoms with van der Waals surface area (Å²) in [5, 5.41) is 3.15. The van der Waals surface area contributed by atoms with E-state index in [-0.39, 0.29) is 24.1 Å². The minimum absolute atomic E-state index is 0.0655. The third-order valence-corrected chi connectivity index (χ3v) is 3.82. The summed E-state index contributed by atoms with van der Waals surface area (Å²) in [7, 11) is 1.39. The molecule has 0 spiro atoms. The van der Waals surface area contributed by atoms with Gasteiger partial charge in [-0.15, -0.1) is 0 Å². The van der Waals surface area contributed by atoms with Gasteiger partial charge in [-0.05, 0) is 12.8 Å². The molecular weight excluding hydrogens is 222 g/mol. The highest BCUT2D eigenvalue weighted by atomic mass is 16.5. The molecule has 2 amide bonds. The number of carbonyl (C=O) groups excluding carboxylic acids is 2. The van der Waals surface area contributed by atoms with Crippen LogP contribution in [0.15, 0.2) is 0 Å². The lowest BCUT2D eigenvalue weighted by molar-refractivity contribution is -0.145. The van der Waals surface area contributed by atoms with Crippen molar-refractivity contribution in [3.8, 4) is 0 Å². The number of hydrogen-bond acceptors (Lipinski definition) is 4. The number of urea groups is 1. The van der Waals surface area contributed by atoms with E-state index in [4.69, 9.17) is 4.74 Å². The Morgan fingerprint density at radius 3 is 2.82 bits per heavy atom. The molecule has 0 aromatic heterocycles. The van der Waals surface area contributed by atoms with E-state index in [0.29, 0.717) is 25.7 Å². The summed E-state index contributed by atoms with van der Waals surface area (Å²) >= 11 is 0. The van der Waals surface area contributed by atoms with Gasteiger partial charge in [-0.2, -0.15) is 0 Å². The molecule has 3 rings (SSSR count). The molecule has 0 unspecified atom stereocenters. The minimum atomic E-state index is -0.374. The van der Waals surface area contributed by atoms with Gasteiger partial charge in [0.05, 0.1) is 13.2 Å². The molecule has 2 atom stereocenters. The average molecular weight is 239 g/mol. The first-order valence-electron chi connectivity index (χ1n) is 6.11. The number of amides is 2. The van der Waals surface area contributed by atoms with Crippen LogP contribution in [0.2, 0.25) is 0 Å². The summed E-state index contributed by atoms with van der Waals surface area (Å²) < 4.78 is 4.79. The minimum Gasteiger partial charge on any atom is -0.468 e. The molecule has 6 nitrogen and oxygen atoms in total. The Bertz CT molecular complexity index is 356. The van der Waals surface area contributed by atoms with E-state index >= 15 is 0 Å². The van der Waals surface area contributed by atoms with Gasteiger partial charge in [0.1, 0.15) is 6.04 Å². The Hall–Kier alpha value is -1.30. The zero-order valence-corrected chi connectivity index (χ0v) is 9.89. The van der Waals surface area contributed by atoms with Gasteiger partial charge in [0.25, 0.3) is 0 Å². The molecule has 0 bridgehead atoms. The third kappa shape index (κ3) is 1.67. The molecule has 2 heterocycles. The molecule has 3 aliphatic rings. The number of piperazine rings is 1. The predicted octanol–water partition coefficient (Wildman–Crippen LogP) is -0.600. The lowest BCUT2D eigenvalue weighted by atomic mass is 10.1. The average Bonchev–Trinajstić information content (AvgIpc) is 3.14. The van der Waals surface area contributed by atoms with E-state index in [9.17, 15) is 9.59 Å². The summed E-state index contributed by atoms with van der Waals surface area (Å²) in [5.41, 5.74) is 0. The molecule has 2 saturated heterocycles. The van der Waals surface area contributed by atoms with Crippen molar-refractivity contribution in [2.24, 2.45) is 0 Å². The van der Waals surface area contributed by atoms with Gasteiger partial charge in [0.15, 0.2) is 0 Å². The Morgan fingerprint density at radius 1 is 1.41 bits per heavy atom. The summed E-state index contributed by atoms with van der Waals surface area (Å²) in [4.78, 5) is 27.5. The standard InChI is InChI=1S/C11H17N3O3/c1-17-10(15)9-8-6-14(7-2-3-7)11(16)13(8)5-4-12-9/h7-9,12H,2-6H2,1H3/t8-,9-/m1/s1. The van der Waals surface area contributed by atoms with Crippen LogP contribution < -0.4 is 5.32 Å². The quantitative estimate of drug-likeness (QED) is 0.654. The molecule has 94 valence electrons. The van der Waals surface area contributed by atoms with Crippen LogP contribution >= 0.6 is 0 Å². The van der Waals surface area contributed by atoms with Crippen molar-refractivity contribution >= 4 is 12.0 Å². The monoisotopic (exact) mass is 239 g/mol. The van der Waals surface area contributed by atoms with Gasteiger partial charge >= 0.3 is 12.0 Å². The van der Waals surface area contributed by atoms with E-state index in [1.54, 1.807) is 0 Å². The lowest BCUT2D eigenvalue weighted by Gasteiger charge is -2.34. The first kappa shape index (κ1) is 10.8.